The topological polar surface area (TPSA) is 84.4 Å². The molecule has 1 saturated carbocycles. The van der Waals surface area contributed by atoms with Crippen LogP contribution in [0, 0.1) is 0 Å². The van der Waals surface area contributed by atoms with E-state index in [9.17, 15) is 4.79 Å². The highest BCUT2D eigenvalue weighted by Crippen LogP contribution is 2.40. The Morgan fingerprint density at radius 3 is 2.91 bits per heavy atom. The molecule has 0 radical (unpaired) electrons. The van der Waals surface area contributed by atoms with Gasteiger partial charge in [-0.2, -0.15) is 0 Å². The Hall–Kier alpha value is -1.31. The van der Waals surface area contributed by atoms with Crippen LogP contribution in [0.15, 0.2) is 22.1 Å². The number of carbonyl (C=O) groups is 1. The minimum Gasteiger partial charge on any atom is -0.360 e. The first-order chi connectivity index (χ1) is 11.3. The van der Waals surface area contributed by atoms with Crippen LogP contribution in [0.3, 0.4) is 0 Å². The van der Waals surface area contributed by atoms with Gasteiger partial charge in [0.25, 0.3) is 5.91 Å². The first kappa shape index (κ1) is 16.5. The first-order valence-corrected chi connectivity index (χ1v) is 9.14. The van der Waals surface area contributed by atoms with Crippen molar-refractivity contribution in [3.8, 4) is 0 Å². The molecule has 7 heteroatoms. The molecule has 2 heterocycles. The lowest BCUT2D eigenvalue weighted by molar-refractivity contribution is 0.0915. The van der Waals surface area contributed by atoms with E-state index >= 15 is 0 Å². The predicted molar refractivity (Wildman–Crippen MR) is 90.9 cm³/mol. The average molecular weight is 336 g/mol. The molecule has 1 aromatic rings. The summed E-state index contributed by atoms with van der Waals surface area (Å²) in [5, 5.41) is 9.07. The highest BCUT2D eigenvalue weighted by atomic mass is 32.2. The van der Waals surface area contributed by atoms with E-state index in [2.05, 4.69) is 26.3 Å². The van der Waals surface area contributed by atoms with Gasteiger partial charge in [0.05, 0.1) is 0 Å². The fraction of sp³-hybridized carbons (Fsp3) is 0.625. The van der Waals surface area contributed by atoms with Crippen molar-refractivity contribution in [2.45, 2.75) is 44.1 Å². The van der Waals surface area contributed by atoms with E-state index in [0.29, 0.717) is 18.2 Å². The molecular weight excluding hydrogens is 312 g/mol. The molecule has 1 aliphatic heterocycles. The van der Waals surface area contributed by atoms with Crippen LogP contribution in [-0.4, -0.2) is 41.0 Å². The van der Waals surface area contributed by atoms with Crippen molar-refractivity contribution in [1.82, 2.24) is 14.8 Å². The normalized spacial score (nSPS) is 20.2. The van der Waals surface area contributed by atoms with Crippen molar-refractivity contribution in [3.05, 3.63) is 29.0 Å². The molecule has 2 fully saturated rings. The summed E-state index contributed by atoms with van der Waals surface area (Å²) in [4.78, 5) is 12.2. The zero-order valence-electron chi connectivity index (χ0n) is 13.2. The SMILES string of the molecule is NCC/C=C/SN1CCC(NC(=O)c2cc(C3CC3)on2)CC1. The van der Waals surface area contributed by atoms with Crippen LogP contribution in [0.2, 0.25) is 0 Å². The zero-order valence-corrected chi connectivity index (χ0v) is 14.1. The molecule has 0 atom stereocenters. The summed E-state index contributed by atoms with van der Waals surface area (Å²) >= 11 is 1.73. The quantitative estimate of drug-likeness (QED) is 0.743. The molecule has 3 rings (SSSR count). The van der Waals surface area contributed by atoms with Gasteiger partial charge in [0, 0.05) is 31.1 Å². The van der Waals surface area contributed by atoms with Gasteiger partial charge in [-0.15, -0.1) is 0 Å². The van der Waals surface area contributed by atoms with E-state index in [4.69, 9.17) is 10.3 Å². The van der Waals surface area contributed by atoms with Gasteiger partial charge in [-0.3, -0.25) is 4.79 Å². The second kappa shape index (κ2) is 7.99. The molecule has 0 aromatic carbocycles. The number of piperidine rings is 1. The zero-order chi connectivity index (χ0) is 16.1. The Labute approximate surface area is 141 Å². The third kappa shape index (κ3) is 4.83. The molecule has 0 spiro atoms. The lowest BCUT2D eigenvalue weighted by Crippen LogP contribution is -2.42. The molecule has 0 unspecified atom stereocenters. The fourth-order valence-electron chi connectivity index (χ4n) is 2.61. The Kier molecular flexibility index (Phi) is 5.75. The predicted octanol–water partition coefficient (Wildman–Crippen LogP) is 2.26. The van der Waals surface area contributed by atoms with Gasteiger partial charge < -0.3 is 15.6 Å². The molecule has 1 amide bonds. The minimum atomic E-state index is -0.116. The number of carbonyl (C=O) groups excluding carboxylic acids is 1. The molecule has 2 aliphatic rings. The maximum Gasteiger partial charge on any atom is 0.273 e. The van der Waals surface area contributed by atoms with Crippen molar-refractivity contribution in [2.24, 2.45) is 5.73 Å². The molecule has 1 saturated heterocycles. The van der Waals surface area contributed by atoms with Gasteiger partial charge in [-0.25, -0.2) is 4.31 Å². The van der Waals surface area contributed by atoms with E-state index < -0.39 is 0 Å². The van der Waals surface area contributed by atoms with Crippen molar-refractivity contribution >= 4 is 17.9 Å². The van der Waals surface area contributed by atoms with Crippen molar-refractivity contribution in [1.29, 1.82) is 0 Å². The van der Waals surface area contributed by atoms with E-state index in [-0.39, 0.29) is 11.9 Å². The van der Waals surface area contributed by atoms with Crippen molar-refractivity contribution in [2.75, 3.05) is 19.6 Å². The molecule has 0 bridgehead atoms. The number of aromatic nitrogens is 1. The Bertz CT molecular complexity index is 548. The highest BCUT2D eigenvalue weighted by Gasteiger charge is 2.29. The molecule has 3 N–H and O–H groups in total. The van der Waals surface area contributed by atoms with Gasteiger partial charge in [0.2, 0.25) is 0 Å². The number of hydrogen-bond acceptors (Lipinski definition) is 6. The standard InChI is InChI=1S/C16H24N4O2S/c17-7-1-2-10-23-20-8-5-13(6-9-20)18-16(21)14-11-15(22-19-14)12-3-4-12/h2,10-13H,1,3-9,17H2,(H,18,21)/b10-2+. The summed E-state index contributed by atoms with van der Waals surface area (Å²) in [6.07, 6.45) is 7.21. The number of amides is 1. The molecule has 126 valence electrons. The number of nitrogens with one attached hydrogen (secondary N) is 1. The molecule has 1 aliphatic carbocycles. The maximum atomic E-state index is 12.2. The van der Waals surface area contributed by atoms with Gasteiger partial charge in [0.15, 0.2) is 5.69 Å². The number of nitrogens with zero attached hydrogens (tertiary/aromatic N) is 2. The van der Waals surface area contributed by atoms with Gasteiger partial charge in [-0.05, 0) is 44.1 Å². The van der Waals surface area contributed by atoms with E-state index in [1.165, 1.54) is 0 Å². The van der Waals surface area contributed by atoms with Crippen molar-refractivity contribution in [3.63, 3.8) is 0 Å². The van der Waals surface area contributed by atoms with E-state index in [1.54, 1.807) is 18.0 Å². The van der Waals surface area contributed by atoms with Gasteiger partial charge in [0.1, 0.15) is 5.76 Å². The molecule has 6 nitrogen and oxygen atoms in total. The largest absolute Gasteiger partial charge is 0.360 e. The Balaban J connectivity index is 1.40. The van der Waals surface area contributed by atoms with Crippen LogP contribution in [0.4, 0.5) is 0 Å². The summed E-state index contributed by atoms with van der Waals surface area (Å²) in [5.41, 5.74) is 5.87. The van der Waals surface area contributed by atoms with E-state index in [0.717, 1.165) is 51.0 Å². The average Bonchev–Trinajstić information content (AvgIpc) is 3.30. The second-order valence-corrected chi connectivity index (χ2v) is 7.12. The van der Waals surface area contributed by atoms with Crippen LogP contribution >= 0.6 is 11.9 Å². The fourth-order valence-corrected chi connectivity index (χ4v) is 3.43. The summed E-state index contributed by atoms with van der Waals surface area (Å²) < 4.78 is 7.56. The van der Waals surface area contributed by atoms with E-state index in [1.807, 2.05) is 0 Å². The third-order valence-electron chi connectivity index (χ3n) is 4.17. The number of rotatable bonds is 7. The Morgan fingerprint density at radius 2 is 2.22 bits per heavy atom. The molecule has 23 heavy (non-hydrogen) atoms. The molecule has 1 aromatic heterocycles. The summed E-state index contributed by atoms with van der Waals surface area (Å²) in [7, 11) is 0. The monoisotopic (exact) mass is 336 g/mol. The summed E-state index contributed by atoms with van der Waals surface area (Å²) in [6, 6.07) is 2.01. The van der Waals surface area contributed by atoms with Crippen LogP contribution in [0.1, 0.15) is 54.3 Å². The summed E-state index contributed by atoms with van der Waals surface area (Å²) in [6.45, 7) is 2.62. The van der Waals surface area contributed by atoms with Crippen LogP contribution in [0.5, 0.6) is 0 Å². The maximum absolute atomic E-state index is 12.2. The second-order valence-electron chi connectivity index (χ2n) is 6.12. The minimum absolute atomic E-state index is 0.116. The van der Waals surface area contributed by atoms with Gasteiger partial charge >= 0.3 is 0 Å². The first-order valence-electron chi connectivity index (χ1n) is 8.30. The van der Waals surface area contributed by atoms with Gasteiger partial charge in [-0.1, -0.05) is 23.2 Å². The van der Waals surface area contributed by atoms with Crippen LogP contribution < -0.4 is 11.1 Å². The van der Waals surface area contributed by atoms with Crippen molar-refractivity contribution < 1.29 is 9.32 Å². The number of nitrogens with two attached hydrogens (primary N) is 1. The van der Waals surface area contributed by atoms with Crippen LogP contribution in [-0.2, 0) is 0 Å². The smallest absolute Gasteiger partial charge is 0.273 e. The summed E-state index contributed by atoms with van der Waals surface area (Å²) in [5.74, 6) is 1.22. The lowest BCUT2D eigenvalue weighted by atomic mass is 10.1. The number of hydrogen-bond donors (Lipinski definition) is 2. The Morgan fingerprint density at radius 1 is 1.43 bits per heavy atom. The molecular formula is C16H24N4O2S. The third-order valence-corrected chi connectivity index (χ3v) is 5.15. The van der Waals surface area contributed by atoms with Crippen LogP contribution in [0.25, 0.3) is 0 Å². The highest BCUT2D eigenvalue weighted by molar-refractivity contribution is 7.99. The lowest BCUT2D eigenvalue weighted by Gasteiger charge is -2.30.